The molecule has 1 aromatic rings. The Labute approximate surface area is 125 Å². The molecule has 0 spiro atoms. The average molecular weight is 326 g/mol. The first kappa shape index (κ1) is 14.9. The van der Waals surface area contributed by atoms with Crippen molar-refractivity contribution in [2.45, 2.75) is 64.6 Å². The number of halogens is 1. The van der Waals surface area contributed by atoms with E-state index in [-0.39, 0.29) is 6.10 Å². The van der Waals surface area contributed by atoms with E-state index < -0.39 is 0 Å². The molecule has 0 saturated heterocycles. The van der Waals surface area contributed by atoms with Crippen LogP contribution in [0.3, 0.4) is 0 Å². The second-order valence-electron chi connectivity index (χ2n) is 5.65. The van der Waals surface area contributed by atoms with E-state index in [0.29, 0.717) is 6.04 Å². The zero-order valence-electron chi connectivity index (χ0n) is 11.9. The number of ether oxygens (including phenoxy) is 1. The minimum absolute atomic E-state index is 0.211. The monoisotopic (exact) mass is 325 g/mol. The number of rotatable bonds is 5. The second kappa shape index (κ2) is 7.30. The van der Waals surface area contributed by atoms with Crippen molar-refractivity contribution >= 4 is 15.9 Å². The highest BCUT2D eigenvalue weighted by molar-refractivity contribution is 9.10. The quantitative estimate of drug-likeness (QED) is 0.850. The summed E-state index contributed by atoms with van der Waals surface area (Å²) >= 11 is 3.59. The summed E-state index contributed by atoms with van der Waals surface area (Å²) in [6.45, 7) is 5.04. The highest BCUT2D eigenvalue weighted by Gasteiger charge is 2.12. The van der Waals surface area contributed by atoms with Crippen LogP contribution in [0.4, 0.5) is 0 Å². The highest BCUT2D eigenvalue weighted by atomic mass is 79.9. The molecule has 0 atom stereocenters. The van der Waals surface area contributed by atoms with Crippen molar-refractivity contribution in [2.75, 3.05) is 0 Å². The third kappa shape index (κ3) is 4.81. The maximum atomic E-state index is 5.73. The second-order valence-corrected chi connectivity index (χ2v) is 6.50. The smallest absolute Gasteiger partial charge is 0.133 e. The van der Waals surface area contributed by atoms with Crippen molar-refractivity contribution in [3.63, 3.8) is 0 Å². The first-order valence-corrected chi connectivity index (χ1v) is 8.13. The number of hydrogen-bond acceptors (Lipinski definition) is 2. The molecule has 2 nitrogen and oxygen atoms in total. The van der Waals surface area contributed by atoms with Gasteiger partial charge in [0.2, 0.25) is 0 Å². The summed E-state index contributed by atoms with van der Waals surface area (Å²) in [5, 5.41) is 3.66. The van der Waals surface area contributed by atoms with E-state index in [1.165, 1.54) is 37.7 Å². The summed E-state index contributed by atoms with van der Waals surface area (Å²) in [5.74, 6) is 0.927. The van der Waals surface area contributed by atoms with E-state index >= 15 is 0 Å². The van der Waals surface area contributed by atoms with Crippen LogP contribution >= 0.6 is 15.9 Å². The van der Waals surface area contributed by atoms with Gasteiger partial charge in [0, 0.05) is 12.6 Å². The van der Waals surface area contributed by atoms with Crippen molar-refractivity contribution < 1.29 is 4.74 Å². The van der Waals surface area contributed by atoms with E-state index in [9.17, 15) is 0 Å². The van der Waals surface area contributed by atoms with E-state index in [0.717, 1.165) is 16.8 Å². The Morgan fingerprint density at radius 3 is 2.63 bits per heavy atom. The first-order chi connectivity index (χ1) is 9.15. The third-order valence-electron chi connectivity index (χ3n) is 3.56. The lowest BCUT2D eigenvalue weighted by Gasteiger charge is -2.23. The molecule has 0 bridgehead atoms. The Kier molecular flexibility index (Phi) is 5.71. The molecule has 0 unspecified atom stereocenters. The lowest BCUT2D eigenvalue weighted by Crippen LogP contribution is -2.30. The van der Waals surface area contributed by atoms with Gasteiger partial charge >= 0.3 is 0 Å². The van der Waals surface area contributed by atoms with Crippen LogP contribution in [0.15, 0.2) is 22.7 Å². The number of nitrogens with one attached hydrogen (secondary N) is 1. The SMILES string of the molecule is CC(C)Oc1ccc(CNC2CCCCC2)cc1Br. The Hall–Kier alpha value is -0.540. The van der Waals surface area contributed by atoms with Gasteiger partial charge in [0.1, 0.15) is 5.75 Å². The number of hydrogen-bond donors (Lipinski definition) is 1. The summed E-state index contributed by atoms with van der Waals surface area (Å²) in [5.41, 5.74) is 1.31. The van der Waals surface area contributed by atoms with Crippen molar-refractivity contribution in [3.05, 3.63) is 28.2 Å². The normalized spacial score (nSPS) is 16.8. The van der Waals surface area contributed by atoms with Crippen molar-refractivity contribution in [1.29, 1.82) is 0 Å². The van der Waals surface area contributed by atoms with Gasteiger partial charge in [-0.05, 0) is 60.3 Å². The van der Waals surface area contributed by atoms with Crippen LogP contribution in [0.2, 0.25) is 0 Å². The Bertz CT molecular complexity index is 400. The third-order valence-corrected chi connectivity index (χ3v) is 4.18. The van der Waals surface area contributed by atoms with E-state index in [1.54, 1.807) is 0 Å². The van der Waals surface area contributed by atoms with E-state index in [4.69, 9.17) is 4.74 Å². The Morgan fingerprint density at radius 2 is 2.00 bits per heavy atom. The molecule has 0 radical (unpaired) electrons. The Balaban J connectivity index is 1.88. The van der Waals surface area contributed by atoms with Gasteiger partial charge < -0.3 is 10.1 Å². The molecular weight excluding hydrogens is 302 g/mol. The van der Waals surface area contributed by atoms with Crippen molar-refractivity contribution in [3.8, 4) is 5.75 Å². The molecule has 19 heavy (non-hydrogen) atoms. The van der Waals surface area contributed by atoms with Gasteiger partial charge in [-0.1, -0.05) is 25.3 Å². The molecule has 1 aliphatic rings. The zero-order chi connectivity index (χ0) is 13.7. The number of benzene rings is 1. The van der Waals surface area contributed by atoms with Gasteiger partial charge in [-0.2, -0.15) is 0 Å². The molecule has 0 amide bonds. The van der Waals surface area contributed by atoms with E-state index in [2.05, 4.69) is 39.4 Å². The summed E-state index contributed by atoms with van der Waals surface area (Å²) in [6.07, 6.45) is 7.03. The van der Waals surface area contributed by atoms with Crippen LogP contribution in [0.5, 0.6) is 5.75 Å². The molecule has 3 heteroatoms. The average Bonchev–Trinajstić information content (AvgIpc) is 2.40. The predicted molar refractivity (Wildman–Crippen MR) is 83.6 cm³/mol. The summed E-state index contributed by atoms with van der Waals surface area (Å²) in [7, 11) is 0. The minimum Gasteiger partial charge on any atom is -0.490 e. The van der Waals surface area contributed by atoms with Crippen LogP contribution in [0, 0.1) is 0 Å². The summed E-state index contributed by atoms with van der Waals surface area (Å²) < 4.78 is 6.77. The van der Waals surface area contributed by atoms with E-state index in [1.807, 2.05) is 13.8 Å². The lowest BCUT2D eigenvalue weighted by atomic mass is 9.95. The molecule has 1 saturated carbocycles. The lowest BCUT2D eigenvalue weighted by molar-refractivity contribution is 0.241. The van der Waals surface area contributed by atoms with Crippen LogP contribution in [0.25, 0.3) is 0 Å². The van der Waals surface area contributed by atoms with Gasteiger partial charge in [-0.3, -0.25) is 0 Å². The molecule has 0 aliphatic heterocycles. The molecule has 106 valence electrons. The molecule has 2 rings (SSSR count). The summed E-state index contributed by atoms with van der Waals surface area (Å²) in [6, 6.07) is 7.08. The van der Waals surface area contributed by atoms with Crippen LogP contribution in [0.1, 0.15) is 51.5 Å². The molecule has 1 aliphatic carbocycles. The van der Waals surface area contributed by atoms with Crippen molar-refractivity contribution in [1.82, 2.24) is 5.32 Å². The summed E-state index contributed by atoms with van der Waals surface area (Å²) in [4.78, 5) is 0. The maximum absolute atomic E-state index is 5.73. The fourth-order valence-electron chi connectivity index (χ4n) is 2.57. The molecule has 1 fully saturated rings. The fraction of sp³-hybridized carbons (Fsp3) is 0.625. The molecule has 1 aromatic carbocycles. The topological polar surface area (TPSA) is 21.3 Å². The Morgan fingerprint density at radius 1 is 1.26 bits per heavy atom. The fourth-order valence-corrected chi connectivity index (χ4v) is 3.09. The maximum Gasteiger partial charge on any atom is 0.133 e. The van der Waals surface area contributed by atoms with Gasteiger partial charge in [0.15, 0.2) is 0 Å². The molecule has 1 N–H and O–H groups in total. The first-order valence-electron chi connectivity index (χ1n) is 7.33. The molecule has 0 heterocycles. The highest BCUT2D eigenvalue weighted by Crippen LogP contribution is 2.27. The zero-order valence-corrected chi connectivity index (χ0v) is 13.5. The molecule has 0 aromatic heterocycles. The van der Waals surface area contributed by atoms with Gasteiger partial charge in [0.25, 0.3) is 0 Å². The standard InChI is InChI=1S/C16H24BrNO/c1-12(2)19-16-9-8-13(10-15(16)17)11-18-14-6-4-3-5-7-14/h8-10,12,14,18H,3-7,11H2,1-2H3. The largest absolute Gasteiger partial charge is 0.490 e. The van der Waals surface area contributed by atoms with Crippen molar-refractivity contribution in [2.24, 2.45) is 0 Å². The van der Waals surface area contributed by atoms with Crippen LogP contribution in [-0.2, 0) is 6.54 Å². The van der Waals surface area contributed by atoms with Crippen LogP contribution in [-0.4, -0.2) is 12.1 Å². The van der Waals surface area contributed by atoms with Gasteiger partial charge in [-0.15, -0.1) is 0 Å². The van der Waals surface area contributed by atoms with Gasteiger partial charge in [-0.25, -0.2) is 0 Å². The minimum atomic E-state index is 0.211. The van der Waals surface area contributed by atoms with Gasteiger partial charge in [0.05, 0.1) is 10.6 Å². The molecular formula is C16H24BrNO. The predicted octanol–water partition coefficient (Wildman–Crippen LogP) is 4.66. The van der Waals surface area contributed by atoms with Crippen LogP contribution < -0.4 is 10.1 Å².